The van der Waals surface area contributed by atoms with Gasteiger partial charge >= 0.3 is 6.03 Å². The van der Waals surface area contributed by atoms with E-state index >= 15 is 0 Å². The summed E-state index contributed by atoms with van der Waals surface area (Å²) in [5.74, 6) is 1.34. The molecule has 7 nitrogen and oxygen atoms in total. The fourth-order valence-electron chi connectivity index (χ4n) is 3.52. The van der Waals surface area contributed by atoms with Crippen molar-refractivity contribution in [2.45, 2.75) is 57.5 Å². The number of carbonyl (C=O) groups is 1. The summed E-state index contributed by atoms with van der Waals surface area (Å²) in [7, 11) is 0. The molecule has 2 saturated heterocycles. The Balaban J connectivity index is 1.45. The van der Waals surface area contributed by atoms with Crippen LogP contribution in [0.15, 0.2) is 6.33 Å². The van der Waals surface area contributed by atoms with Crippen LogP contribution in [0.3, 0.4) is 0 Å². The van der Waals surface area contributed by atoms with E-state index in [2.05, 4.69) is 46.2 Å². The average Bonchev–Trinajstić information content (AvgIpc) is 3.18. The van der Waals surface area contributed by atoms with Crippen LogP contribution in [-0.4, -0.2) is 68.8 Å². The van der Waals surface area contributed by atoms with Crippen molar-refractivity contribution in [2.24, 2.45) is 0 Å². The number of carbonyl (C=O) groups excluding carboxylic acids is 1. The van der Waals surface area contributed by atoms with Crippen LogP contribution in [0.2, 0.25) is 0 Å². The minimum Gasteiger partial charge on any atom is -0.334 e. The van der Waals surface area contributed by atoms with E-state index in [0.717, 1.165) is 51.3 Å². The maximum absolute atomic E-state index is 12.5. The molecule has 3 rings (SSSR count). The normalized spacial score (nSPS) is 24.1. The Kier molecular flexibility index (Phi) is 4.57. The lowest BCUT2D eigenvalue weighted by Crippen LogP contribution is -2.49. The second-order valence-corrected chi connectivity index (χ2v) is 7.68. The molecule has 0 radical (unpaired) electrons. The predicted octanol–water partition coefficient (Wildman–Crippen LogP) is 1.57. The third-order valence-electron chi connectivity index (χ3n) is 5.07. The Morgan fingerprint density at radius 1 is 1.26 bits per heavy atom. The van der Waals surface area contributed by atoms with Crippen molar-refractivity contribution in [3.8, 4) is 0 Å². The number of amides is 2. The fraction of sp³-hybridized carbons (Fsp3) is 0.812. The highest BCUT2D eigenvalue weighted by Gasteiger charge is 2.32. The van der Waals surface area contributed by atoms with Crippen molar-refractivity contribution in [3.63, 3.8) is 0 Å². The van der Waals surface area contributed by atoms with Crippen LogP contribution < -0.4 is 5.32 Å². The van der Waals surface area contributed by atoms with Crippen LogP contribution in [-0.2, 0) is 0 Å². The Morgan fingerprint density at radius 2 is 2.00 bits per heavy atom. The SMILES string of the molecule is CC(C)(C)N1CC[C@H](NC(=O)N2CCC(c3ncn[nH]3)CC2)C1. The molecule has 7 heteroatoms. The van der Waals surface area contributed by atoms with Crippen molar-refractivity contribution in [2.75, 3.05) is 26.2 Å². The van der Waals surface area contributed by atoms with E-state index < -0.39 is 0 Å². The van der Waals surface area contributed by atoms with Gasteiger partial charge in [-0.15, -0.1) is 0 Å². The Morgan fingerprint density at radius 3 is 2.57 bits per heavy atom. The van der Waals surface area contributed by atoms with Gasteiger partial charge in [-0.25, -0.2) is 9.78 Å². The van der Waals surface area contributed by atoms with Gasteiger partial charge in [0, 0.05) is 43.7 Å². The van der Waals surface area contributed by atoms with Crippen molar-refractivity contribution in [1.29, 1.82) is 0 Å². The summed E-state index contributed by atoms with van der Waals surface area (Å²) in [6, 6.07) is 0.357. The average molecular weight is 320 g/mol. The van der Waals surface area contributed by atoms with E-state index in [9.17, 15) is 4.79 Å². The molecule has 0 aliphatic carbocycles. The molecule has 3 heterocycles. The van der Waals surface area contributed by atoms with Crippen LogP contribution in [0.1, 0.15) is 51.8 Å². The van der Waals surface area contributed by atoms with Crippen molar-refractivity contribution in [3.05, 3.63) is 12.2 Å². The largest absolute Gasteiger partial charge is 0.334 e. The number of H-pyrrole nitrogens is 1. The van der Waals surface area contributed by atoms with E-state index in [1.165, 1.54) is 0 Å². The van der Waals surface area contributed by atoms with Gasteiger partial charge in [-0.05, 0) is 40.0 Å². The first-order valence-corrected chi connectivity index (χ1v) is 8.59. The second-order valence-electron chi connectivity index (χ2n) is 7.68. The van der Waals surface area contributed by atoms with Crippen molar-refractivity contribution in [1.82, 2.24) is 30.3 Å². The molecular weight excluding hydrogens is 292 g/mol. The van der Waals surface area contributed by atoms with Gasteiger partial charge in [0.25, 0.3) is 0 Å². The second kappa shape index (κ2) is 6.47. The number of hydrogen-bond acceptors (Lipinski definition) is 4. The first-order chi connectivity index (χ1) is 10.9. The molecule has 23 heavy (non-hydrogen) atoms. The summed E-state index contributed by atoms with van der Waals surface area (Å²) in [6.07, 6.45) is 4.48. The molecule has 1 aromatic heterocycles. The minimum absolute atomic E-state index is 0.0850. The number of aromatic amines is 1. The molecule has 128 valence electrons. The Labute approximate surface area is 137 Å². The maximum Gasteiger partial charge on any atom is 0.317 e. The maximum atomic E-state index is 12.5. The van der Waals surface area contributed by atoms with Crippen LogP contribution in [0.5, 0.6) is 0 Å². The molecule has 0 spiro atoms. The number of piperidine rings is 1. The topological polar surface area (TPSA) is 77.2 Å². The van der Waals surface area contributed by atoms with E-state index in [1.807, 2.05) is 4.90 Å². The van der Waals surface area contributed by atoms with Gasteiger partial charge in [-0.3, -0.25) is 10.00 Å². The molecule has 2 amide bonds. The van der Waals surface area contributed by atoms with Gasteiger partial charge in [0.2, 0.25) is 0 Å². The zero-order valence-electron chi connectivity index (χ0n) is 14.4. The standard InChI is InChI=1S/C16H28N6O/c1-16(2,3)22-9-6-13(10-22)19-15(23)21-7-4-12(5-8-21)14-17-11-18-20-14/h11-13H,4-10H2,1-3H3,(H,19,23)(H,17,18,20)/t13-/m0/s1. The molecular formula is C16H28N6O. The van der Waals surface area contributed by atoms with Crippen LogP contribution in [0, 0.1) is 0 Å². The van der Waals surface area contributed by atoms with Gasteiger partial charge in [-0.1, -0.05) is 0 Å². The van der Waals surface area contributed by atoms with Gasteiger partial charge < -0.3 is 10.2 Å². The molecule has 1 aromatic rings. The molecule has 2 aliphatic heterocycles. The Hall–Kier alpha value is -1.63. The third-order valence-corrected chi connectivity index (χ3v) is 5.07. The third kappa shape index (κ3) is 3.83. The lowest BCUT2D eigenvalue weighted by atomic mass is 9.96. The molecule has 0 unspecified atom stereocenters. The first kappa shape index (κ1) is 16.2. The number of rotatable bonds is 2. The van der Waals surface area contributed by atoms with Crippen LogP contribution >= 0.6 is 0 Å². The summed E-state index contributed by atoms with van der Waals surface area (Å²) in [6.45, 7) is 10.3. The van der Waals surface area contributed by atoms with E-state index in [1.54, 1.807) is 6.33 Å². The van der Waals surface area contributed by atoms with Gasteiger partial charge in [0.05, 0.1) is 0 Å². The first-order valence-electron chi connectivity index (χ1n) is 8.59. The minimum atomic E-state index is 0.0850. The van der Waals surface area contributed by atoms with Gasteiger partial charge in [-0.2, -0.15) is 5.10 Å². The zero-order valence-corrected chi connectivity index (χ0v) is 14.4. The molecule has 0 saturated carbocycles. The number of likely N-dealkylation sites (tertiary alicyclic amines) is 2. The number of aromatic nitrogens is 3. The van der Waals surface area contributed by atoms with Gasteiger partial charge in [0.1, 0.15) is 12.2 Å². The lowest BCUT2D eigenvalue weighted by Gasteiger charge is -2.33. The number of hydrogen-bond donors (Lipinski definition) is 2. The summed E-state index contributed by atoms with van der Waals surface area (Å²) in [5.41, 5.74) is 0.175. The lowest BCUT2D eigenvalue weighted by molar-refractivity contribution is 0.162. The number of nitrogens with one attached hydrogen (secondary N) is 2. The molecule has 0 bridgehead atoms. The number of nitrogens with zero attached hydrogens (tertiary/aromatic N) is 4. The summed E-state index contributed by atoms with van der Waals surface area (Å²) in [5, 5.41) is 10.1. The Bertz CT molecular complexity index is 515. The van der Waals surface area contributed by atoms with Crippen LogP contribution in [0.25, 0.3) is 0 Å². The van der Waals surface area contributed by atoms with E-state index in [0.29, 0.717) is 5.92 Å². The summed E-state index contributed by atoms with van der Waals surface area (Å²) >= 11 is 0. The molecule has 2 aliphatic rings. The number of urea groups is 1. The molecule has 1 atom stereocenters. The monoisotopic (exact) mass is 320 g/mol. The van der Waals surface area contributed by atoms with E-state index in [4.69, 9.17) is 0 Å². The van der Waals surface area contributed by atoms with Crippen LogP contribution in [0.4, 0.5) is 4.79 Å². The zero-order chi connectivity index (χ0) is 16.4. The highest BCUT2D eigenvalue weighted by atomic mass is 16.2. The summed E-state index contributed by atoms with van der Waals surface area (Å²) in [4.78, 5) is 21.1. The highest BCUT2D eigenvalue weighted by molar-refractivity contribution is 5.74. The fourth-order valence-corrected chi connectivity index (χ4v) is 3.52. The molecule has 2 fully saturated rings. The van der Waals surface area contributed by atoms with E-state index in [-0.39, 0.29) is 17.6 Å². The highest BCUT2D eigenvalue weighted by Crippen LogP contribution is 2.25. The predicted molar refractivity (Wildman–Crippen MR) is 88.2 cm³/mol. The van der Waals surface area contributed by atoms with Gasteiger partial charge in [0.15, 0.2) is 0 Å². The summed E-state index contributed by atoms with van der Waals surface area (Å²) < 4.78 is 0. The smallest absolute Gasteiger partial charge is 0.317 e. The van der Waals surface area contributed by atoms with Crippen molar-refractivity contribution < 1.29 is 4.79 Å². The van der Waals surface area contributed by atoms with Crippen molar-refractivity contribution >= 4 is 6.03 Å². The molecule has 0 aromatic carbocycles. The molecule has 2 N–H and O–H groups in total. The quantitative estimate of drug-likeness (QED) is 0.867.